The van der Waals surface area contributed by atoms with Gasteiger partial charge >= 0.3 is 0 Å². The molecule has 0 aromatic rings. The van der Waals surface area contributed by atoms with Crippen LogP contribution in [0.25, 0.3) is 0 Å². The summed E-state index contributed by atoms with van der Waals surface area (Å²) >= 11 is 5.48. The highest BCUT2D eigenvalue weighted by Gasteiger charge is 2.35. The lowest BCUT2D eigenvalue weighted by molar-refractivity contribution is 0.364. The minimum Gasteiger partial charge on any atom is -0.370 e. The third-order valence-corrected chi connectivity index (χ3v) is 1.70. The van der Waals surface area contributed by atoms with Crippen molar-refractivity contribution in [2.75, 3.05) is 5.88 Å². The summed E-state index contributed by atoms with van der Waals surface area (Å²) in [6.07, 6.45) is 3.20. The first kappa shape index (κ1) is 6.37. The van der Waals surface area contributed by atoms with Gasteiger partial charge in [-0.1, -0.05) is 6.92 Å². The third kappa shape index (κ3) is 1.36. The average Bonchev–Trinajstić information content (AvgIpc) is 2.48. The summed E-state index contributed by atoms with van der Waals surface area (Å²) in [5.74, 6) is 0.737. The Hall–Kier alpha value is 0.250. The third-order valence-electron chi connectivity index (χ3n) is 1.48. The lowest BCUT2D eigenvalue weighted by Crippen LogP contribution is -1.91. The second-order valence-electron chi connectivity index (χ2n) is 2.10. The van der Waals surface area contributed by atoms with Gasteiger partial charge in [0.25, 0.3) is 0 Å². The van der Waals surface area contributed by atoms with Crippen LogP contribution in [0.5, 0.6) is 0 Å². The van der Waals surface area contributed by atoms with Crippen molar-refractivity contribution < 1.29 is 4.74 Å². The molecule has 2 heteroatoms. The molecule has 1 fully saturated rings. The monoisotopic (exact) mass is 134 g/mol. The Kier molecular flexibility index (Phi) is 2.15. The molecule has 0 aliphatic carbocycles. The molecule has 48 valence electrons. The highest BCUT2D eigenvalue weighted by Crippen LogP contribution is 2.27. The van der Waals surface area contributed by atoms with Crippen LogP contribution in [0.3, 0.4) is 0 Å². The largest absolute Gasteiger partial charge is 0.370 e. The summed E-state index contributed by atoms with van der Waals surface area (Å²) in [6.45, 7) is 2.14. The minimum absolute atomic E-state index is 0.498. The van der Waals surface area contributed by atoms with Crippen LogP contribution in [0.15, 0.2) is 0 Å². The molecule has 0 aromatic carbocycles. The highest BCUT2D eigenvalue weighted by atomic mass is 35.5. The normalized spacial score (nSPS) is 35.2. The highest BCUT2D eigenvalue weighted by molar-refractivity contribution is 6.17. The number of hydrogen-bond acceptors (Lipinski definition) is 1. The quantitative estimate of drug-likeness (QED) is 0.424. The first-order chi connectivity index (χ1) is 3.88. The Balaban J connectivity index is 1.99. The maximum absolute atomic E-state index is 5.48. The minimum atomic E-state index is 0.498. The molecule has 0 N–H and O–H groups in total. The molecule has 0 saturated carbocycles. The smallest absolute Gasteiger partial charge is 0.0853 e. The predicted octanol–water partition coefficient (Wildman–Crippen LogP) is 1.79. The molecule has 2 unspecified atom stereocenters. The first-order valence-corrected chi connectivity index (χ1v) is 3.63. The molecule has 1 heterocycles. The standard InChI is InChI=1S/C6H11ClO/c1-2-5-6(8-5)3-4-7/h5-6H,2-4H2,1H3. The van der Waals surface area contributed by atoms with E-state index in [0.29, 0.717) is 12.2 Å². The number of hydrogen-bond donors (Lipinski definition) is 0. The molecular formula is C6H11ClO. The van der Waals surface area contributed by atoms with Gasteiger partial charge in [0, 0.05) is 5.88 Å². The van der Waals surface area contributed by atoms with Crippen LogP contribution >= 0.6 is 11.6 Å². The van der Waals surface area contributed by atoms with Crippen molar-refractivity contribution in [1.82, 2.24) is 0 Å². The molecule has 0 bridgehead atoms. The second-order valence-corrected chi connectivity index (χ2v) is 2.48. The van der Waals surface area contributed by atoms with Crippen LogP contribution in [0, 0.1) is 0 Å². The van der Waals surface area contributed by atoms with Gasteiger partial charge in [-0.15, -0.1) is 11.6 Å². The van der Waals surface area contributed by atoms with E-state index in [0.717, 1.165) is 18.7 Å². The van der Waals surface area contributed by atoms with Crippen molar-refractivity contribution in [2.24, 2.45) is 0 Å². The lowest BCUT2D eigenvalue weighted by Gasteiger charge is -1.82. The van der Waals surface area contributed by atoms with Gasteiger partial charge in [-0.2, -0.15) is 0 Å². The molecule has 0 spiro atoms. The molecule has 0 radical (unpaired) electrons. The van der Waals surface area contributed by atoms with Gasteiger partial charge in [0.15, 0.2) is 0 Å². The van der Waals surface area contributed by atoms with E-state index >= 15 is 0 Å². The fraction of sp³-hybridized carbons (Fsp3) is 1.00. The van der Waals surface area contributed by atoms with Crippen LogP contribution in [-0.2, 0) is 4.74 Å². The Labute approximate surface area is 55.0 Å². The molecule has 2 atom stereocenters. The number of rotatable bonds is 3. The number of epoxide rings is 1. The fourth-order valence-electron chi connectivity index (χ4n) is 0.900. The fourth-order valence-corrected chi connectivity index (χ4v) is 1.11. The lowest BCUT2D eigenvalue weighted by atomic mass is 10.2. The summed E-state index contributed by atoms with van der Waals surface area (Å²) in [5.41, 5.74) is 0. The maximum atomic E-state index is 5.48. The molecule has 0 aromatic heterocycles. The molecule has 0 amide bonds. The van der Waals surface area contributed by atoms with Crippen molar-refractivity contribution >= 4 is 11.6 Å². The van der Waals surface area contributed by atoms with Crippen molar-refractivity contribution in [3.63, 3.8) is 0 Å². The number of halogens is 1. The Morgan fingerprint density at radius 2 is 2.25 bits per heavy atom. The average molecular weight is 135 g/mol. The SMILES string of the molecule is CCC1OC1CCCl. The molecule has 1 saturated heterocycles. The van der Waals surface area contributed by atoms with E-state index < -0.39 is 0 Å². The zero-order chi connectivity index (χ0) is 5.98. The summed E-state index contributed by atoms with van der Waals surface area (Å²) in [5, 5.41) is 0. The van der Waals surface area contributed by atoms with Crippen molar-refractivity contribution in [1.29, 1.82) is 0 Å². The Morgan fingerprint density at radius 1 is 1.50 bits per heavy atom. The topological polar surface area (TPSA) is 12.5 Å². The van der Waals surface area contributed by atoms with E-state index in [1.54, 1.807) is 0 Å². The van der Waals surface area contributed by atoms with Crippen molar-refractivity contribution in [3.05, 3.63) is 0 Å². The van der Waals surface area contributed by atoms with Gasteiger partial charge in [0.05, 0.1) is 12.2 Å². The van der Waals surface area contributed by atoms with Crippen molar-refractivity contribution in [2.45, 2.75) is 32.0 Å². The van der Waals surface area contributed by atoms with Gasteiger partial charge in [0.1, 0.15) is 0 Å². The molecular weight excluding hydrogens is 124 g/mol. The van der Waals surface area contributed by atoms with Gasteiger partial charge < -0.3 is 4.74 Å². The molecule has 1 aliphatic heterocycles. The van der Waals surface area contributed by atoms with Crippen LogP contribution in [-0.4, -0.2) is 18.1 Å². The summed E-state index contributed by atoms with van der Waals surface area (Å²) in [4.78, 5) is 0. The van der Waals surface area contributed by atoms with E-state index in [9.17, 15) is 0 Å². The van der Waals surface area contributed by atoms with E-state index in [-0.39, 0.29) is 0 Å². The Bertz CT molecular complexity index is 74.9. The van der Waals surface area contributed by atoms with Gasteiger partial charge in [-0.25, -0.2) is 0 Å². The first-order valence-electron chi connectivity index (χ1n) is 3.10. The zero-order valence-electron chi connectivity index (χ0n) is 5.06. The van der Waals surface area contributed by atoms with Crippen LogP contribution in [0.2, 0.25) is 0 Å². The van der Waals surface area contributed by atoms with Crippen molar-refractivity contribution in [3.8, 4) is 0 Å². The van der Waals surface area contributed by atoms with Crippen LogP contribution < -0.4 is 0 Å². The zero-order valence-corrected chi connectivity index (χ0v) is 5.82. The maximum Gasteiger partial charge on any atom is 0.0853 e. The van der Waals surface area contributed by atoms with E-state index in [1.165, 1.54) is 0 Å². The summed E-state index contributed by atoms with van der Waals surface area (Å²) in [7, 11) is 0. The van der Waals surface area contributed by atoms with Gasteiger partial charge in [-0.3, -0.25) is 0 Å². The number of alkyl halides is 1. The van der Waals surface area contributed by atoms with E-state index in [1.807, 2.05) is 0 Å². The second kappa shape index (κ2) is 2.70. The van der Waals surface area contributed by atoms with Gasteiger partial charge in [-0.05, 0) is 12.8 Å². The van der Waals surface area contributed by atoms with Crippen LogP contribution in [0.4, 0.5) is 0 Å². The molecule has 8 heavy (non-hydrogen) atoms. The molecule has 1 nitrogen and oxygen atoms in total. The Morgan fingerprint density at radius 3 is 2.62 bits per heavy atom. The predicted molar refractivity (Wildman–Crippen MR) is 34.3 cm³/mol. The van der Waals surface area contributed by atoms with E-state index in [2.05, 4.69) is 6.92 Å². The van der Waals surface area contributed by atoms with Crippen LogP contribution in [0.1, 0.15) is 19.8 Å². The van der Waals surface area contributed by atoms with Gasteiger partial charge in [0.2, 0.25) is 0 Å². The molecule has 1 rings (SSSR count). The molecule has 1 aliphatic rings. The summed E-state index contributed by atoms with van der Waals surface area (Å²) < 4.78 is 5.22. The summed E-state index contributed by atoms with van der Waals surface area (Å²) in [6, 6.07) is 0. The number of ether oxygens (including phenoxy) is 1. The van der Waals surface area contributed by atoms with E-state index in [4.69, 9.17) is 16.3 Å².